The molecule has 1 aromatic carbocycles. The van der Waals surface area contributed by atoms with Gasteiger partial charge in [-0.05, 0) is 26.0 Å². The number of aromatic hydroxyl groups is 2. The van der Waals surface area contributed by atoms with E-state index in [1.165, 1.54) is 32.0 Å². The van der Waals surface area contributed by atoms with Crippen molar-refractivity contribution in [3.8, 4) is 11.5 Å². The first-order valence-electron chi connectivity index (χ1n) is 6.37. The quantitative estimate of drug-likeness (QED) is 0.587. The maximum Gasteiger partial charge on any atom is 0.348 e. The highest BCUT2D eigenvalue weighted by Gasteiger charge is 2.14. The average Bonchev–Trinajstić information content (AvgIpc) is 2.44. The summed E-state index contributed by atoms with van der Waals surface area (Å²) in [6.07, 6.45) is 0. The van der Waals surface area contributed by atoms with Gasteiger partial charge in [0.15, 0.2) is 0 Å². The minimum atomic E-state index is -0.754. The predicted molar refractivity (Wildman–Crippen MR) is 79.2 cm³/mol. The number of carbonyl (C=O) groups excluding carboxylic acids is 1. The molecule has 0 fully saturated rings. The fraction of sp³-hybridized carbons (Fsp3) is 0.133. The first-order valence-corrected chi connectivity index (χ1v) is 6.37. The van der Waals surface area contributed by atoms with E-state index in [2.05, 4.69) is 10.5 Å². The van der Waals surface area contributed by atoms with Crippen molar-refractivity contribution >= 4 is 11.6 Å². The largest absolute Gasteiger partial charge is 0.507 e. The molecule has 0 aliphatic carbocycles. The molecule has 22 heavy (non-hydrogen) atoms. The van der Waals surface area contributed by atoms with Crippen LogP contribution in [-0.4, -0.2) is 21.8 Å². The Kier molecular flexibility index (Phi) is 4.26. The summed E-state index contributed by atoms with van der Waals surface area (Å²) in [7, 11) is 0. The Morgan fingerprint density at radius 3 is 2.55 bits per heavy atom. The van der Waals surface area contributed by atoms with Crippen LogP contribution >= 0.6 is 0 Å². The molecule has 1 heterocycles. The average molecular weight is 302 g/mol. The minimum Gasteiger partial charge on any atom is -0.507 e. The number of benzene rings is 1. The molecule has 114 valence electrons. The van der Waals surface area contributed by atoms with E-state index in [0.29, 0.717) is 0 Å². The monoisotopic (exact) mass is 302 g/mol. The Hall–Kier alpha value is -3.09. The normalized spacial score (nSPS) is 11.3. The zero-order valence-corrected chi connectivity index (χ0v) is 12.0. The van der Waals surface area contributed by atoms with E-state index in [1.807, 2.05) is 0 Å². The molecule has 7 nitrogen and oxygen atoms in total. The summed E-state index contributed by atoms with van der Waals surface area (Å²) in [6.45, 7) is 2.96. The van der Waals surface area contributed by atoms with Crippen molar-refractivity contribution in [2.24, 2.45) is 5.10 Å². The van der Waals surface area contributed by atoms with E-state index in [9.17, 15) is 19.8 Å². The van der Waals surface area contributed by atoms with Gasteiger partial charge >= 0.3 is 5.63 Å². The number of nitrogens with one attached hydrogen (secondary N) is 1. The molecule has 2 rings (SSSR count). The van der Waals surface area contributed by atoms with E-state index in [0.717, 1.165) is 0 Å². The van der Waals surface area contributed by atoms with Gasteiger partial charge in [-0.2, -0.15) is 5.10 Å². The summed E-state index contributed by atoms with van der Waals surface area (Å²) in [4.78, 5) is 23.6. The molecule has 0 atom stereocenters. The number of carbonyl (C=O) groups is 1. The SMILES string of the molecule is C/C(=N\NC(=O)c1ccccc1O)c1c(O)cc(C)oc1=O. The first-order chi connectivity index (χ1) is 10.4. The Balaban J connectivity index is 2.26. The van der Waals surface area contributed by atoms with Crippen molar-refractivity contribution in [3.05, 3.63) is 57.6 Å². The summed E-state index contributed by atoms with van der Waals surface area (Å²) in [6, 6.07) is 7.24. The molecule has 2 aromatic rings. The molecule has 0 unspecified atom stereocenters. The summed E-state index contributed by atoms with van der Waals surface area (Å²) in [5.74, 6) is -0.858. The van der Waals surface area contributed by atoms with Gasteiger partial charge in [0, 0.05) is 6.07 Å². The highest BCUT2D eigenvalue weighted by molar-refractivity contribution is 6.02. The first kappa shape index (κ1) is 15.3. The van der Waals surface area contributed by atoms with Crippen LogP contribution < -0.4 is 11.1 Å². The third kappa shape index (κ3) is 3.14. The van der Waals surface area contributed by atoms with Crippen LogP contribution in [0.3, 0.4) is 0 Å². The van der Waals surface area contributed by atoms with Gasteiger partial charge in [-0.1, -0.05) is 12.1 Å². The smallest absolute Gasteiger partial charge is 0.348 e. The molecule has 0 radical (unpaired) electrons. The van der Waals surface area contributed by atoms with Gasteiger partial charge in [-0.15, -0.1) is 0 Å². The highest BCUT2D eigenvalue weighted by Crippen LogP contribution is 2.16. The van der Waals surface area contributed by atoms with Crippen molar-refractivity contribution < 1.29 is 19.4 Å². The van der Waals surface area contributed by atoms with Gasteiger partial charge in [0.25, 0.3) is 5.91 Å². The molecule has 0 aliphatic heterocycles. The van der Waals surface area contributed by atoms with Crippen LogP contribution in [0.4, 0.5) is 0 Å². The molecule has 0 spiro atoms. The van der Waals surface area contributed by atoms with Gasteiger partial charge in [0.2, 0.25) is 0 Å². The van der Waals surface area contributed by atoms with Crippen molar-refractivity contribution in [1.29, 1.82) is 0 Å². The molecule has 0 saturated heterocycles. The van der Waals surface area contributed by atoms with Gasteiger partial charge in [-0.3, -0.25) is 4.79 Å². The molecule has 3 N–H and O–H groups in total. The number of hydrogen-bond donors (Lipinski definition) is 3. The number of aryl methyl sites for hydroxylation is 1. The Bertz CT molecular complexity index is 808. The van der Waals surface area contributed by atoms with Gasteiger partial charge in [0.1, 0.15) is 22.8 Å². The van der Waals surface area contributed by atoms with Crippen LogP contribution in [0.5, 0.6) is 11.5 Å². The Morgan fingerprint density at radius 2 is 1.91 bits per heavy atom. The number of hydrazone groups is 1. The van der Waals surface area contributed by atoms with E-state index < -0.39 is 11.5 Å². The number of nitrogens with zero attached hydrogens (tertiary/aromatic N) is 1. The second-order valence-electron chi connectivity index (χ2n) is 4.56. The highest BCUT2D eigenvalue weighted by atomic mass is 16.4. The van der Waals surface area contributed by atoms with E-state index in [1.54, 1.807) is 12.1 Å². The zero-order valence-electron chi connectivity index (χ0n) is 12.0. The van der Waals surface area contributed by atoms with Gasteiger partial charge in [0.05, 0.1) is 11.3 Å². The molecular weight excluding hydrogens is 288 g/mol. The van der Waals surface area contributed by atoms with Crippen molar-refractivity contribution in [2.75, 3.05) is 0 Å². The van der Waals surface area contributed by atoms with Crippen LogP contribution in [0.1, 0.15) is 28.6 Å². The fourth-order valence-electron chi connectivity index (χ4n) is 1.85. The second kappa shape index (κ2) is 6.13. The van der Waals surface area contributed by atoms with Gasteiger partial charge in [-0.25, -0.2) is 10.2 Å². The number of amides is 1. The third-order valence-electron chi connectivity index (χ3n) is 2.89. The molecule has 7 heteroatoms. The van der Waals surface area contributed by atoms with Crippen LogP contribution in [0, 0.1) is 6.92 Å². The van der Waals surface area contributed by atoms with Crippen molar-refractivity contribution in [3.63, 3.8) is 0 Å². The lowest BCUT2D eigenvalue weighted by atomic mass is 10.2. The Morgan fingerprint density at radius 1 is 1.23 bits per heavy atom. The fourth-order valence-corrected chi connectivity index (χ4v) is 1.85. The van der Waals surface area contributed by atoms with E-state index >= 15 is 0 Å². The van der Waals surface area contributed by atoms with Crippen LogP contribution in [0.15, 0.2) is 44.6 Å². The van der Waals surface area contributed by atoms with Crippen LogP contribution in [-0.2, 0) is 0 Å². The minimum absolute atomic E-state index is 0.0409. The topological polar surface area (TPSA) is 112 Å². The maximum atomic E-state index is 11.9. The molecular formula is C15H14N2O5. The number of phenolic OH excluding ortho intramolecular Hbond substituents is 1. The predicted octanol–water partition coefficient (Wildman–Crippen LogP) is 1.51. The lowest BCUT2D eigenvalue weighted by Gasteiger charge is -2.05. The van der Waals surface area contributed by atoms with E-state index in [-0.39, 0.29) is 34.1 Å². The number of para-hydroxylation sites is 1. The molecule has 0 saturated carbocycles. The summed E-state index contributed by atoms with van der Waals surface area (Å²) in [5.41, 5.74) is 1.43. The summed E-state index contributed by atoms with van der Waals surface area (Å²) < 4.78 is 4.87. The van der Waals surface area contributed by atoms with Crippen molar-refractivity contribution in [1.82, 2.24) is 5.43 Å². The number of hydrogen-bond acceptors (Lipinski definition) is 6. The lowest BCUT2D eigenvalue weighted by molar-refractivity contribution is 0.0952. The van der Waals surface area contributed by atoms with Crippen LogP contribution in [0.2, 0.25) is 0 Å². The maximum absolute atomic E-state index is 11.9. The molecule has 1 aromatic heterocycles. The Labute approximate surface area is 125 Å². The summed E-state index contributed by atoms with van der Waals surface area (Å²) >= 11 is 0. The zero-order chi connectivity index (χ0) is 16.3. The summed E-state index contributed by atoms with van der Waals surface area (Å²) in [5, 5.41) is 23.1. The number of rotatable bonds is 3. The van der Waals surface area contributed by atoms with E-state index in [4.69, 9.17) is 4.42 Å². The number of phenols is 1. The molecule has 0 aliphatic rings. The second-order valence-corrected chi connectivity index (χ2v) is 4.56. The van der Waals surface area contributed by atoms with Crippen molar-refractivity contribution in [2.45, 2.75) is 13.8 Å². The van der Waals surface area contributed by atoms with Gasteiger partial charge < -0.3 is 14.6 Å². The standard InChI is InChI=1S/C15H14N2O5/c1-8-7-12(19)13(15(21)22-8)9(2)16-17-14(20)10-5-3-4-6-11(10)18/h3-7,18-19H,1-2H3,(H,17,20)/b16-9+. The third-order valence-corrected chi connectivity index (χ3v) is 2.89. The molecule has 0 bridgehead atoms. The molecule has 1 amide bonds. The van der Waals surface area contributed by atoms with Crippen LogP contribution in [0.25, 0.3) is 0 Å². The lowest BCUT2D eigenvalue weighted by Crippen LogP contribution is -2.21.